The normalized spacial score (nSPS) is 18.3. The number of amides is 1. The Morgan fingerprint density at radius 3 is 2.24 bits per heavy atom. The quantitative estimate of drug-likeness (QED) is 0.450. The minimum Gasteiger partial charge on any atom is -0.473 e. The summed E-state index contributed by atoms with van der Waals surface area (Å²) in [6.45, 7) is 1.82. The SMILES string of the molecule is CNC(=O)OC1CCCNC1.O=C(O)C(=O)O. The van der Waals surface area contributed by atoms with Gasteiger partial charge in [-0.2, -0.15) is 0 Å². The van der Waals surface area contributed by atoms with Crippen molar-refractivity contribution in [1.29, 1.82) is 0 Å². The van der Waals surface area contributed by atoms with Crippen molar-refractivity contribution < 1.29 is 29.3 Å². The summed E-state index contributed by atoms with van der Waals surface area (Å²) in [5.74, 6) is -3.65. The second kappa shape index (κ2) is 8.34. The fourth-order valence-electron chi connectivity index (χ4n) is 1.13. The molecule has 0 radical (unpaired) electrons. The first-order chi connectivity index (χ1) is 7.97. The first-order valence-corrected chi connectivity index (χ1v) is 5.02. The van der Waals surface area contributed by atoms with Gasteiger partial charge in [0.15, 0.2) is 0 Å². The maximum atomic E-state index is 10.7. The fourth-order valence-corrected chi connectivity index (χ4v) is 1.13. The molecule has 1 amide bonds. The number of rotatable bonds is 1. The van der Waals surface area contributed by atoms with Crippen molar-refractivity contribution in [2.24, 2.45) is 0 Å². The van der Waals surface area contributed by atoms with Crippen LogP contribution in [0.3, 0.4) is 0 Å². The number of carbonyl (C=O) groups is 3. The zero-order chi connectivity index (χ0) is 13.3. The predicted octanol–water partition coefficient (Wildman–Crippen LogP) is -0.750. The number of aliphatic carboxylic acids is 2. The van der Waals surface area contributed by atoms with Gasteiger partial charge in [-0.25, -0.2) is 14.4 Å². The van der Waals surface area contributed by atoms with Crippen LogP contribution in [0, 0.1) is 0 Å². The number of piperidine rings is 1. The smallest absolute Gasteiger partial charge is 0.414 e. The maximum absolute atomic E-state index is 10.7. The number of alkyl carbamates (subject to hydrolysis) is 1. The standard InChI is InChI=1S/C7H14N2O2.C2H2O4/c1-8-7(10)11-6-3-2-4-9-5-6;3-1(4)2(5)6/h6,9H,2-5H2,1H3,(H,8,10);(H,3,4)(H,5,6). The second-order valence-corrected chi connectivity index (χ2v) is 3.23. The zero-order valence-electron chi connectivity index (χ0n) is 9.43. The topological polar surface area (TPSA) is 125 Å². The Kier molecular flexibility index (Phi) is 7.44. The third kappa shape index (κ3) is 8.03. The molecule has 1 atom stereocenters. The molecule has 0 aromatic heterocycles. The van der Waals surface area contributed by atoms with E-state index < -0.39 is 11.9 Å². The van der Waals surface area contributed by atoms with Gasteiger partial charge in [0.25, 0.3) is 0 Å². The summed E-state index contributed by atoms with van der Waals surface area (Å²) in [4.78, 5) is 28.9. The van der Waals surface area contributed by atoms with Gasteiger partial charge in [0.2, 0.25) is 0 Å². The Bertz CT molecular complexity index is 263. The third-order valence-electron chi connectivity index (χ3n) is 1.91. The Labute approximate surface area is 97.9 Å². The van der Waals surface area contributed by atoms with E-state index >= 15 is 0 Å². The van der Waals surface area contributed by atoms with Gasteiger partial charge >= 0.3 is 18.0 Å². The lowest BCUT2D eigenvalue weighted by molar-refractivity contribution is -0.159. The van der Waals surface area contributed by atoms with Crippen LogP contribution in [0.1, 0.15) is 12.8 Å². The molecule has 0 bridgehead atoms. The van der Waals surface area contributed by atoms with Crippen molar-refractivity contribution in [3.05, 3.63) is 0 Å². The molecule has 0 aromatic carbocycles. The third-order valence-corrected chi connectivity index (χ3v) is 1.91. The molecule has 17 heavy (non-hydrogen) atoms. The lowest BCUT2D eigenvalue weighted by Gasteiger charge is -2.22. The van der Waals surface area contributed by atoms with Gasteiger partial charge in [-0.15, -0.1) is 0 Å². The van der Waals surface area contributed by atoms with Crippen molar-refractivity contribution in [1.82, 2.24) is 10.6 Å². The molecule has 4 N–H and O–H groups in total. The number of carboxylic acid groups (broad SMARTS) is 2. The highest BCUT2D eigenvalue weighted by atomic mass is 16.6. The Balaban J connectivity index is 0.000000366. The molecule has 1 rings (SSSR count). The van der Waals surface area contributed by atoms with Crippen LogP contribution >= 0.6 is 0 Å². The lowest BCUT2D eigenvalue weighted by Crippen LogP contribution is -2.38. The van der Waals surface area contributed by atoms with Gasteiger partial charge in [0.1, 0.15) is 6.10 Å². The minimum atomic E-state index is -1.82. The summed E-state index contributed by atoms with van der Waals surface area (Å²) in [6, 6.07) is 0. The highest BCUT2D eigenvalue weighted by Gasteiger charge is 2.15. The maximum Gasteiger partial charge on any atom is 0.414 e. The Morgan fingerprint density at radius 2 is 1.88 bits per heavy atom. The fraction of sp³-hybridized carbons (Fsp3) is 0.667. The molecule has 1 aliphatic rings. The molecule has 8 nitrogen and oxygen atoms in total. The number of carboxylic acids is 2. The summed E-state index contributed by atoms with van der Waals surface area (Å²) in [5, 5.41) is 20.4. The highest BCUT2D eigenvalue weighted by molar-refractivity contribution is 6.27. The van der Waals surface area contributed by atoms with Crippen LogP contribution in [0.25, 0.3) is 0 Å². The summed E-state index contributed by atoms with van der Waals surface area (Å²) < 4.78 is 5.03. The molecule has 1 unspecified atom stereocenters. The van der Waals surface area contributed by atoms with E-state index in [4.69, 9.17) is 24.5 Å². The monoisotopic (exact) mass is 248 g/mol. The van der Waals surface area contributed by atoms with Crippen molar-refractivity contribution in [2.45, 2.75) is 18.9 Å². The van der Waals surface area contributed by atoms with E-state index in [0.29, 0.717) is 0 Å². The number of hydrogen-bond donors (Lipinski definition) is 4. The van der Waals surface area contributed by atoms with Gasteiger partial charge in [-0.1, -0.05) is 0 Å². The van der Waals surface area contributed by atoms with Crippen LogP contribution < -0.4 is 10.6 Å². The van der Waals surface area contributed by atoms with E-state index in [1.54, 1.807) is 7.05 Å². The van der Waals surface area contributed by atoms with Gasteiger partial charge in [0.05, 0.1) is 0 Å². The molecule has 0 aromatic rings. The largest absolute Gasteiger partial charge is 0.473 e. The van der Waals surface area contributed by atoms with E-state index in [0.717, 1.165) is 25.9 Å². The summed E-state index contributed by atoms with van der Waals surface area (Å²) in [7, 11) is 1.57. The van der Waals surface area contributed by atoms with E-state index in [-0.39, 0.29) is 12.2 Å². The second-order valence-electron chi connectivity index (χ2n) is 3.23. The van der Waals surface area contributed by atoms with E-state index in [1.807, 2.05) is 0 Å². The van der Waals surface area contributed by atoms with Gasteiger partial charge in [-0.05, 0) is 19.4 Å². The number of carbonyl (C=O) groups excluding carboxylic acids is 1. The summed E-state index contributed by atoms with van der Waals surface area (Å²) >= 11 is 0. The first kappa shape index (κ1) is 15.2. The molecule has 8 heteroatoms. The van der Waals surface area contributed by atoms with Crippen molar-refractivity contribution >= 4 is 18.0 Å². The molecular formula is C9H16N2O6. The summed E-state index contributed by atoms with van der Waals surface area (Å²) in [6.07, 6.45) is 1.78. The van der Waals surface area contributed by atoms with Crippen LogP contribution in [0.5, 0.6) is 0 Å². The van der Waals surface area contributed by atoms with E-state index in [1.165, 1.54) is 0 Å². The van der Waals surface area contributed by atoms with Crippen LogP contribution in [0.15, 0.2) is 0 Å². The van der Waals surface area contributed by atoms with Crippen molar-refractivity contribution in [2.75, 3.05) is 20.1 Å². The van der Waals surface area contributed by atoms with Crippen molar-refractivity contribution in [3.8, 4) is 0 Å². The Morgan fingerprint density at radius 1 is 1.29 bits per heavy atom. The molecule has 98 valence electrons. The lowest BCUT2D eigenvalue weighted by atomic mass is 10.1. The van der Waals surface area contributed by atoms with E-state index in [2.05, 4.69) is 10.6 Å². The predicted molar refractivity (Wildman–Crippen MR) is 56.7 cm³/mol. The van der Waals surface area contributed by atoms with Gasteiger partial charge in [-0.3, -0.25) is 0 Å². The number of ether oxygens (including phenoxy) is 1. The molecule has 1 saturated heterocycles. The summed E-state index contributed by atoms with van der Waals surface area (Å²) in [5.41, 5.74) is 0. The molecule has 0 aliphatic carbocycles. The average molecular weight is 248 g/mol. The van der Waals surface area contributed by atoms with E-state index in [9.17, 15) is 4.79 Å². The van der Waals surface area contributed by atoms with Gasteiger partial charge < -0.3 is 25.6 Å². The van der Waals surface area contributed by atoms with Crippen LogP contribution in [-0.2, 0) is 14.3 Å². The van der Waals surface area contributed by atoms with Crippen LogP contribution in [0.4, 0.5) is 4.79 Å². The first-order valence-electron chi connectivity index (χ1n) is 5.02. The molecule has 0 spiro atoms. The molecule has 1 aliphatic heterocycles. The molecule has 1 fully saturated rings. The number of hydrogen-bond acceptors (Lipinski definition) is 5. The zero-order valence-corrected chi connectivity index (χ0v) is 9.43. The highest BCUT2D eigenvalue weighted by Crippen LogP contribution is 2.05. The van der Waals surface area contributed by atoms with Crippen LogP contribution in [0.2, 0.25) is 0 Å². The minimum absolute atomic E-state index is 0.0590. The van der Waals surface area contributed by atoms with Gasteiger partial charge in [0, 0.05) is 13.6 Å². The van der Waals surface area contributed by atoms with Crippen LogP contribution in [-0.4, -0.2) is 54.5 Å². The number of nitrogens with one attached hydrogen (secondary N) is 2. The molecular weight excluding hydrogens is 232 g/mol. The molecule has 0 saturated carbocycles. The Hall–Kier alpha value is -1.83. The average Bonchev–Trinajstić information content (AvgIpc) is 2.31. The van der Waals surface area contributed by atoms with Crippen molar-refractivity contribution in [3.63, 3.8) is 0 Å². The molecule has 1 heterocycles.